The van der Waals surface area contributed by atoms with E-state index in [9.17, 15) is 19.2 Å². The van der Waals surface area contributed by atoms with Crippen LogP contribution in [0.15, 0.2) is 0 Å². The Morgan fingerprint density at radius 1 is 0.966 bits per heavy atom. The lowest BCUT2D eigenvalue weighted by molar-refractivity contribution is -0.149. The second-order valence-electron chi connectivity index (χ2n) is 7.85. The SMILES string of the molecule is CCOC(=O)[C@H](CCCCNC(C)(C)C)CC(=O)CNC(=O)CNC(=O)COC. The monoisotopic (exact) mass is 415 g/mol. The third kappa shape index (κ3) is 15.6. The molecule has 1 atom stereocenters. The van der Waals surface area contributed by atoms with Crippen molar-refractivity contribution in [2.75, 3.05) is 40.0 Å². The van der Waals surface area contributed by atoms with E-state index in [0.29, 0.717) is 6.42 Å². The molecule has 0 aliphatic heterocycles. The molecule has 9 heteroatoms. The molecule has 29 heavy (non-hydrogen) atoms. The van der Waals surface area contributed by atoms with Crippen LogP contribution in [0.1, 0.15) is 53.4 Å². The second kappa shape index (κ2) is 14.9. The highest BCUT2D eigenvalue weighted by Gasteiger charge is 2.23. The number of ketones is 1. The molecule has 9 nitrogen and oxygen atoms in total. The van der Waals surface area contributed by atoms with Gasteiger partial charge in [0.05, 0.1) is 25.6 Å². The molecule has 0 aromatic heterocycles. The van der Waals surface area contributed by atoms with Crippen molar-refractivity contribution in [3.63, 3.8) is 0 Å². The molecule has 0 aliphatic carbocycles. The molecular weight excluding hydrogens is 378 g/mol. The van der Waals surface area contributed by atoms with Gasteiger partial charge in [0.25, 0.3) is 0 Å². The van der Waals surface area contributed by atoms with E-state index in [0.717, 1.165) is 19.4 Å². The number of amides is 2. The molecule has 0 aromatic rings. The van der Waals surface area contributed by atoms with Crippen LogP contribution < -0.4 is 16.0 Å². The normalized spacial score (nSPS) is 12.2. The Kier molecular flexibility index (Phi) is 13.9. The first-order chi connectivity index (χ1) is 13.6. The summed E-state index contributed by atoms with van der Waals surface area (Å²) < 4.78 is 9.71. The fourth-order valence-corrected chi connectivity index (χ4v) is 2.51. The van der Waals surface area contributed by atoms with Gasteiger partial charge in [-0.3, -0.25) is 19.2 Å². The summed E-state index contributed by atoms with van der Waals surface area (Å²) in [5, 5.41) is 8.19. The van der Waals surface area contributed by atoms with E-state index in [1.54, 1.807) is 6.92 Å². The number of methoxy groups -OCH3 is 1. The van der Waals surface area contributed by atoms with E-state index in [-0.39, 0.29) is 50.0 Å². The Hall–Kier alpha value is -2.00. The number of nitrogens with one attached hydrogen (secondary N) is 3. The first-order valence-corrected chi connectivity index (χ1v) is 10.0. The molecule has 0 unspecified atom stereocenters. The molecule has 0 saturated carbocycles. The predicted octanol–water partition coefficient (Wildman–Crippen LogP) is 0.562. The number of Topliss-reactive ketones (excluding diaryl/α,β-unsaturated/α-hetero) is 1. The van der Waals surface area contributed by atoms with E-state index < -0.39 is 17.7 Å². The Bertz CT molecular complexity index is 531. The number of hydrogen-bond donors (Lipinski definition) is 3. The molecule has 0 rings (SSSR count). The third-order valence-corrected chi connectivity index (χ3v) is 3.93. The minimum absolute atomic E-state index is 0.0157. The molecule has 0 heterocycles. The summed E-state index contributed by atoms with van der Waals surface area (Å²) >= 11 is 0. The minimum atomic E-state index is -0.518. The quantitative estimate of drug-likeness (QED) is 0.264. The first kappa shape index (κ1) is 27.0. The number of esters is 1. The van der Waals surface area contributed by atoms with Crippen LogP contribution in [-0.4, -0.2) is 69.1 Å². The highest BCUT2D eigenvalue weighted by atomic mass is 16.5. The van der Waals surface area contributed by atoms with Crippen molar-refractivity contribution in [2.45, 2.75) is 58.9 Å². The van der Waals surface area contributed by atoms with Gasteiger partial charge >= 0.3 is 5.97 Å². The van der Waals surface area contributed by atoms with Gasteiger partial charge < -0.3 is 25.4 Å². The first-order valence-electron chi connectivity index (χ1n) is 10.0. The fraction of sp³-hybridized carbons (Fsp3) is 0.800. The average Bonchev–Trinajstić information content (AvgIpc) is 2.63. The van der Waals surface area contributed by atoms with Gasteiger partial charge in [-0.05, 0) is 47.1 Å². The lowest BCUT2D eigenvalue weighted by Gasteiger charge is -2.21. The zero-order valence-corrected chi connectivity index (χ0v) is 18.4. The van der Waals surface area contributed by atoms with Crippen molar-refractivity contribution >= 4 is 23.6 Å². The van der Waals surface area contributed by atoms with E-state index in [2.05, 4.69) is 41.5 Å². The smallest absolute Gasteiger partial charge is 0.309 e. The van der Waals surface area contributed by atoms with Crippen molar-refractivity contribution in [3.8, 4) is 0 Å². The van der Waals surface area contributed by atoms with Crippen molar-refractivity contribution in [1.82, 2.24) is 16.0 Å². The number of rotatable bonds is 15. The Morgan fingerprint density at radius 3 is 2.21 bits per heavy atom. The molecular formula is C20H37N3O6. The van der Waals surface area contributed by atoms with Crippen LogP contribution in [0.4, 0.5) is 0 Å². The average molecular weight is 416 g/mol. The van der Waals surface area contributed by atoms with Crippen molar-refractivity contribution < 1.29 is 28.7 Å². The standard InChI is InChI=1S/C20H37N3O6/c1-6-29-19(27)15(9-7-8-10-23-20(2,3)4)11-16(24)12-21-17(25)13-22-18(26)14-28-5/h15,23H,6-14H2,1-5H3,(H,21,25)(H,22,26)/t15-/m1/s1. The molecule has 0 bridgehead atoms. The molecule has 2 amide bonds. The maximum absolute atomic E-state index is 12.2. The predicted molar refractivity (Wildman–Crippen MR) is 109 cm³/mol. The third-order valence-electron chi connectivity index (χ3n) is 3.93. The van der Waals surface area contributed by atoms with Crippen LogP contribution in [0.2, 0.25) is 0 Å². The molecule has 3 N–H and O–H groups in total. The Labute approximate surface area is 173 Å². The zero-order valence-electron chi connectivity index (χ0n) is 18.4. The summed E-state index contributed by atoms with van der Waals surface area (Å²) in [7, 11) is 1.37. The maximum Gasteiger partial charge on any atom is 0.309 e. The topological polar surface area (TPSA) is 123 Å². The summed E-state index contributed by atoms with van der Waals surface area (Å²) in [6, 6.07) is 0. The molecule has 0 radical (unpaired) electrons. The van der Waals surface area contributed by atoms with Crippen LogP contribution >= 0.6 is 0 Å². The summed E-state index contributed by atoms with van der Waals surface area (Å²) in [5.74, 6) is -2.06. The van der Waals surface area contributed by atoms with Crippen LogP contribution in [0.5, 0.6) is 0 Å². The summed E-state index contributed by atoms with van der Waals surface area (Å²) in [6.45, 7) is 8.50. The van der Waals surface area contributed by atoms with E-state index in [1.807, 2.05) is 0 Å². The van der Waals surface area contributed by atoms with Crippen LogP contribution in [-0.2, 0) is 28.7 Å². The summed E-state index contributed by atoms with van der Waals surface area (Å²) in [6.07, 6.45) is 2.25. The largest absolute Gasteiger partial charge is 0.466 e. The van der Waals surface area contributed by atoms with Gasteiger partial charge in [0.1, 0.15) is 6.61 Å². The Morgan fingerprint density at radius 2 is 1.62 bits per heavy atom. The number of carbonyl (C=O) groups excluding carboxylic acids is 4. The van der Waals surface area contributed by atoms with Gasteiger partial charge in [0.2, 0.25) is 11.8 Å². The maximum atomic E-state index is 12.2. The van der Waals surface area contributed by atoms with Crippen molar-refractivity contribution in [1.29, 1.82) is 0 Å². The number of ether oxygens (including phenoxy) is 2. The van der Waals surface area contributed by atoms with Gasteiger partial charge in [0, 0.05) is 19.1 Å². The van der Waals surface area contributed by atoms with Crippen molar-refractivity contribution in [2.24, 2.45) is 5.92 Å². The lowest BCUT2D eigenvalue weighted by atomic mass is 9.96. The molecule has 0 fully saturated rings. The highest BCUT2D eigenvalue weighted by Crippen LogP contribution is 2.15. The van der Waals surface area contributed by atoms with E-state index >= 15 is 0 Å². The molecule has 0 saturated heterocycles. The highest BCUT2D eigenvalue weighted by molar-refractivity contribution is 5.90. The van der Waals surface area contributed by atoms with Gasteiger partial charge in [-0.25, -0.2) is 0 Å². The van der Waals surface area contributed by atoms with E-state index in [4.69, 9.17) is 4.74 Å². The van der Waals surface area contributed by atoms with Crippen LogP contribution in [0, 0.1) is 5.92 Å². The number of hydrogen-bond acceptors (Lipinski definition) is 7. The van der Waals surface area contributed by atoms with Gasteiger partial charge in [-0.15, -0.1) is 0 Å². The number of unbranched alkanes of at least 4 members (excludes halogenated alkanes) is 1. The zero-order chi connectivity index (χ0) is 22.3. The summed E-state index contributed by atoms with van der Waals surface area (Å²) in [4.78, 5) is 47.2. The molecule has 0 aliphatic rings. The lowest BCUT2D eigenvalue weighted by Crippen LogP contribution is -2.40. The van der Waals surface area contributed by atoms with Gasteiger partial charge in [0.15, 0.2) is 5.78 Å². The molecule has 0 aromatic carbocycles. The van der Waals surface area contributed by atoms with Crippen LogP contribution in [0.3, 0.4) is 0 Å². The van der Waals surface area contributed by atoms with Crippen LogP contribution in [0.25, 0.3) is 0 Å². The summed E-state index contributed by atoms with van der Waals surface area (Å²) in [5.41, 5.74) is 0.0394. The second-order valence-corrected chi connectivity index (χ2v) is 7.85. The molecule has 168 valence electrons. The molecule has 0 spiro atoms. The fourth-order valence-electron chi connectivity index (χ4n) is 2.51. The van der Waals surface area contributed by atoms with Gasteiger partial charge in [-0.1, -0.05) is 6.42 Å². The Balaban J connectivity index is 4.33. The van der Waals surface area contributed by atoms with Gasteiger partial charge in [-0.2, -0.15) is 0 Å². The van der Waals surface area contributed by atoms with Crippen molar-refractivity contribution in [3.05, 3.63) is 0 Å². The minimum Gasteiger partial charge on any atom is -0.466 e. The number of carbonyl (C=O) groups is 4. The van der Waals surface area contributed by atoms with E-state index in [1.165, 1.54) is 7.11 Å².